The molecule has 42 heavy (non-hydrogen) atoms. The third-order valence-corrected chi connectivity index (χ3v) is 7.02. The number of hydrogen-bond acceptors (Lipinski definition) is 8. The number of carbonyl (C=O) groups is 2. The van der Waals surface area contributed by atoms with Gasteiger partial charge in [0.25, 0.3) is 11.6 Å². The van der Waals surface area contributed by atoms with Gasteiger partial charge in [-0.3, -0.25) is 24.3 Å². The average molecular weight is 581 g/mol. The van der Waals surface area contributed by atoms with Crippen LogP contribution in [0.3, 0.4) is 0 Å². The van der Waals surface area contributed by atoms with Gasteiger partial charge in [0.1, 0.15) is 5.75 Å². The maximum absolute atomic E-state index is 12.7. The van der Waals surface area contributed by atoms with E-state index < -0.39 is 4.92 Å². The van der Waals surface area contributed by atoms with Crippen molar-refractivity contribution < 1.29 is 19.2 Å². The number of nitro benzene ring substituents is 1. The molecule has 0 aliphatic heterocycles. The van der Waals surface area contributed by atoms with Crippen LogP contribution in [-0.2, 0) is 4.79 Å². The Balaban J connectivity index is 1.35. The highest BCUT2D eigenvalue weighted by atomic mass is 32.2. The summed E-state index contributed by atoms with van der Waals surface area (Å²) >= 11 is 1.19. The molecular formula is C30H24N6O5S. The van der Waals surface area contributed by atoms with Crippen molar-refractivity contribution in [1.29, 1.82) is 0 Å². The van der Waals surface area contributed by atoms with E-state index in [1.807, 2.05) is 47.0 Å². The molecule has 0 unspecified atom stereocenters. The number of nitro groups is 1. The summed E-state index contributed by atoms with van der Waals surface area (Å²) in [7, 11) is 1.59. The van der Waals surface area contributed by atoms with E-state index in [0.717, 1.165) is 11.3 Å². The summed E-state index contributed by atoms with van der Waals surface area (Å²) in [5, 5.41) is 25.7. The molecule has 11 nitrogen and oxygen atoms in total. The topological polar surface area (TPSA) is 141 Å². The fourth-order valence-corrected chi connectivity index (χ4v) is 4.76. The van der Waals surface area contributed by atoms with Crippen LogP contribution in [-0.4, -0.2) is 44.4 Å². The first-order chi connectivity index (χ1) is 20.4. The Bertz CT molecular complexity index is 1710. The zero-order valence-corrected chi connectivity index (χ0v) is 23.1. The predicted molar refractivity (Wildman–Crippen MR) is 160 cm³/mol. The fourth-order valence-electron chi connectivity index (χ4n) is 4.00. The van der Waals surface area contributed by atoms with Crippen LogP contribution in [0, 0.1) is 10.1 Å². The van der Waals surface area contributed by atoms with E-state index in [4.69, 9.17) is 4.74 Å². The first-order valence-electron chi connectivity index (χ1n) is 12.6. The summed E-state index contributed by atoms with van der Waals surface area (Å²) in [6.07, 6.45) is 0. The lowest BCUT2D eigenvalue weighted by Crippen LogP contribution is -2.14. The number of non-ortho nitro benzene ring substituents is 1. The monoisotopic (exact) mass is 580 g/mol. The number of benzene rings is 4. The third-order valence-electron chi connectivity index (χ3n) is 6.10. The quantitative estimate of drug-likeness (QED) is 0.119. The Labute approximate surface area is 244 Å². The van der Waals surface area contributed by atoms with Crippen molar-refractivity contribution in [3.63, 3.8) is 0 Å². The SMILES string of the molecule is COc1ccc(-n2c(SCC(=O)Nc3ccc([N+](=O)[O-])cc3)nnc2-c2ccc(NC(=O)c3ccccc3)cc2)cc1. The van der Waals surface area contributed by atoms with E-state index in [0.29, 0.717) is 33.7 Å². The maximum Gasteiger partial charge on any atom is 0.269 e. The van der Waals surface area contributed by atoms with E-state index in [1.54, 1.807) is 43.5 Å². The first-order valence-corrected chi connectivity index (χ1v) is 13.6. The van der Waals surface area contributed by atoms with Crippen molar-refractivity contribution in [2.75, 3.05) is 23.5 Å². The molecule has 0 atom stereocenters. The number of nitrogens with zero attached hydrogens (tertiary/aromatic N) is 4. The second-order valence-corrected chi connectivity index (χ2v) is 9.82. The van der Waals surface area contributed by atoms with Crippen LogP contribution in [0.4, 0.5) is 17.1 Å². The Kier molecular flexibility index (Phi) is 8.54. The molecule has 2 amide bonds. The summed E-state index contributed by atoms with van der Waals surface area (Å²) in [6.45, 7) is 0. The van der Waals surface area contributed by atoms with Gasteiger partial charge in [-0.2, -0.15) is 0 Å². The zero-order chi connectivity index (χ0) is 29.5. The predicted octanol–water partition coefficient (Wildman–Crippen LogP) is 5.83. The molecule has 2 N–H and O–H groups in total. The Hall–Kier alpha value is -5.49. The standard InChI is InChI=1S/C30H24N6O5S/c1-41-26-17-15-24(16-18-26)35-28(20-7-9-23(10-8-20)32-29(38)21-5-3-2-4-6-21)33-34-30(35)42-19-27(37)31-22-11-13-25(14-12-22)36(39)40/h2-18H,19H2,1H3,(H,31,37)(H,32,38). The minimum atomic E-state index is -0.501. The summed E-state index contributed by atoms with van der Waals surface area (Å²) in [4.78, 5) is 35.6. The first kappa shape index (κ1) is 28.1. The van der Waals surface area contributed by atoms with E-state index >= 15 is 0 Å². The fraction of sp³-hybridized carbons (Fsp3) is 0.0667. The van der Waals surface area contributed by atoms with Crippen molar-refractivity contribution in [3.8, 4) is 22.8 Å². The molecule has 0 saturated carbocycles. The Morgan fingerprint density at radius 1 is 0.857 bits per heavy atom. The largest absolute Gasteiger partial charge is 0.497 e. The van der Waals surface area contributed by atoms with Crippen LogP contribution < -0.4 is 15.4 Å². The van der Waals surface area contributed by atoms with Gasteiger partial charge in [-0.25, -0.2) is 0 Å². The maximum atomic E-state index is 12.7. The summed E-state index contributed by atoms with van der Waals surface area (Å²) in [6, 6.07) is 29.1. The summed E-state index contributed by atoms with van der Waals surface area (Å²) in [5.74, 6) is 0.729. The number of ether oxygens (including phenoxy) is 1. The summed E-state index contributed by atoms with van der Waals surface area (Å²) < 4.78 is 7.13. The van der Waals surface area contributed by atoms with Gasteiger partial charge < -0.3 is 15.4 Å². The molecule has 0 aliphatic rings. The second-order valence-electron chi connectivity index (χ2n) is 8.88. The minimum absolute atomic E-state index is 0.0235. The molecule has 0 aliphatic carbocycles. The number of amides is 2. The van der Waals surface area contributed by atoms with E-state index in [-0.39, 0.29) is 23.3 Å². The van der Waals surface area contributed by atoms with E-state index in [2.05, 4.69) is 20.8 Å². The van der Waals surface area contributed by atoms with Crippen LogP contribution in [0.1, 0.15) is 10.4 Å². The number of thioether (sulfide) groups is 1. The van der Waals surface area contributed by atoms with Crippen molar-refractivity contribution in [2.45, 2.75) is 5.16 Å². The van der Waals surface area contributed by atoms with Crippen molar-refractivity contribution in [2.24, 2.45) is 0 Å². The van der Waals surface area contributed by atoms with Gasteiger partial charge in [0.05, 0.1) is 17.8 Å². The second kappa shape index (κ2) is 12.8. The molecule has 210 valence electrons. The molecule has 0 radical (unpaired) electrons. The van der Waals surface area contributed by atoms with Gasteiger partial charge in [-0.1, -0.05) is 30.0 Å². The van der Waals surface area contributed by atoms with Crippen molar-refractivity contribution in [1.82, 2.24) is 14.8 Å². The van der Waals surface area contributed by atoms with Crippen molar-refractivity contribution in [3.05, 3.63) is 119 Å². The van der Waals surface area contributed by atoms with Gasteiger partial charge >= 0.3 is 0 Å². The molecule has 1 heterocycles. The normalized spacial score (nSPS) is 10.6. The number of rotatable bonds is 10. The lowest BCUT2D eigenvalue weighted by atomic mass is 10.1. The van der Waals surface area contributed by atoms with Gasteiger partial charge in [-0.05, 0) is 72.8 Å². The molecule has 0 spiro atoms. The molecule has 0 saturated heterocycles. The molecule has 5 rings (SSSR count). The molecule has 5 aromatic rings. The minimum Gasteiger partial charge on any atom is -0.497 e. The number of carbonyl (C=O) groups excluding carboxylic acids is 2. The molecule has 12 heteroatoms. The number of nitrogens with one attached hydrogen (secondary N) is 2. The third kappa shape index (κ3) is 6.62. The number of hydrogen-bond donors (Lipinski definition) is 2. The van der Waals surface area contributed by atoms with Crippen LogP contribution in [0.25, 0.3) is 17.1 Å². The van der Waals surface area contributed by atoms with Gasteiger partial charge in [-0.15, -0.1) is 10.2 Å². The number of methoxy groups -OCH3 is 1. The highest BCUT2D eigenvalue weighted by molar-refractivity contribution is 7.99. The summed E-state index contributed by atoms with van der Waals surface area (Å²) in [5.41, 5.74) is 3.08. The molecule has 0 bridgehead atoms. The van der Waals surface area contributed by atoms with Gasteiger partial charge in [0.15, 0.2) is 11.0 Å². The Morgan fingerprint density at radius 2 is 1.50 bits per heavy atom. The highest BCUT2D eigenvalue weighted by Gasteiger charge is 2.18. The smallest absolute Gasteiger partial charge is 0.269 e. The van der Waals surface area contributed by atoms with Gasteiger partial charge in [0, 0.05) is 40.3 Å². The number of anilines is 2. The van der Waals surface area contributed by atoms with Crippen molar-refractivity contribution >= 4 is 40.6 Å². The van der Waals surface area contributed by atoms with Crippen LogP contribution in [0.2, 0.25) is 0 Å². The van der Waals surface area contributed by atoms with E-state index in [9.17, 15) is 19.7 Å². The molecular weight excluding hydrogens is 556 g/mol. The lowest BCUT2D eigenvalue weighted by molar-refractivity contribution is -0.384. The Morgan fingerprint density at radius 3 is 2.14 bits per heavy atom. The average Bonchev–Trinajstić information content (AvgIpc) is 3.45. The number of aromatic nitrogens is 3. The molecule has 4 aromatic carbocycles. The van der Waals surface area contributed by atoms with Crippen LogP contribution >= 0.6 is 11.8 Å². The lowest BCUT2D eigenvalue weighted by Gasteiger charge is -2.12. The van der Waals surface area contributed by atoms with Crippen LogP contribution in [0.5, 0.6) is 5.75 Å². The molecule has 0 fully saturated rings. The van der Waals surface area contributed by atoms with E-state index in [1.165, 1.54) is 36.0 Å². The highest BCUT2D eigenvalue weighted by Crippen LogP contribution is 2.30. The van der Waals surface area contributed by atoms with Gasteiger partial charge in [0.2, 0.25) is 5.91 Å². The van der Waals surface area contributed by atoms with Crippen LogP contribution in [0.15, 0.2) is 108 Å². The molecule has 1 aromatic heterocycles. The zero-order valence-electron chi connectivity index (χ0n) is 22.3.